The van der Waals surface area contributed by atoms with E-state index in [4.69, 9.17) is 0 Å². The predicted octanol–water partition coefficient (Wildman–Crippen LogP) is 18.0. The second-order valence-corrected chi connectivity index (χ2v) is 17.5. The summed E-state index contributed by atoms with van der Waals surface area (Å²) in [6.45, 7) is 0. The maximum absolute atomic E-state index is 4.67. The topological polar surface area (TPSA) is 12.9 Å². The molecule has 0 N–H and O–H groups in total. The SMILES string of the molecule is C1=CC(c2c(-c3ccccc3)cc(-c3cccc(-c4c5ccccc5c(-c5cccc(-c6ccnc7ccccc67)c5)c5ccccc45)c3)c(-c3ccccc3)c2C2=CCCC=C2)=CCC1. The summed E-state index contributed by atoms with van der Waals surface area (Å²) in [5.74, 6) is 0. The fourth-order valence-electron chi connectivity index (χ4n) is 10.6. The largest absolute Gasteiger partial charge is 0.256 e. The molecule has 0 unspecified atom stereocenters. The lowest BCUT2D eigenvalue weighted by Gasteiger charge is -2.26. The lowest BCUT2D eigenvalue weighted by molar-refractivity contribution is 1.04. The van der Waals surface area contributed by atoms with E-state index in [1.807, 2.05) is 6.20 Å². The van der Waals surface area contributed by atoms with Crippen molar-refractivity contribution in [2.75, 3.05) is 0 Å². The molecule has 0 saturated heterocycles. The number of nitrogens with zero attached hydrogens (tertiary/aromatic N) is 1. The normalized spacial score (nSPS) is 13.6. The van der Waals surface area contributed by atoms with Crippen molar-refractivity contribution in [3.8, 4) is 66.8 Å². The van der Waals surface area contributed by atoms with Gasteiger partial charge in [0.1, 0.15) is 0 Å². The molecule has 0 bridgehead atoms. The Bertz CT molecular complexity index is 3560. The van der Waals surface area contributed by atoms with Crippen LogP contribution in [0.4, 0.5) is 0 Å². The number of para-hydroxylation sites is 1. The van der Waals surface area contributed by atoms with Crippen LogP contribution in [0.5, 0.6) is 0 Å². The molecular weight excluding hydrogens is 795 g/mol. The minimum Gasteiger partial charge on any atom is -0.256 e. The molecule has 1 heterocycles. The Kier molecular flexibility index (Phi) is 10.2. The standard InChI is InChI=1S/C65H47N/c1-5-21-44(22-6-1)58-43-59(64(46-25-9-3-10-26-46)65(47-27-11-4-12-28-47)63(58)45-23-7-2-8-24-45)49-30-20-32-51(42-49)62-56-36-15-13-34-54(56)61(55-35-14-16-37-57(55)62)50-31-19-29-48(41-50)52-39-40-66-60-38-18-17-33-53(52)60/h1,3,5-7,9-11,13-43H,2,4,8,12H2. The lowest BCUT2D eigenvalue weighted by Crippen LogP contribution is -2.04. The summed E-state index contributed by atoms with van der Waals surface area (Å²) in [6.07, 6.45) is 20.4. The van der Waals surface area contributed by atoms with E-state index in [0.717, 1.165) is 36.6 Å². The molecule has 10 aromatic rings. The summed E-state index contributed by atoms with van der Waals surface area (Å²) in [4.78, 5) is 4.67. The Balaban J connectivity index is 1.11. The maximum atomic E-state index is 4.67. The first-order valence-electron chi connectivity index (χ1n) is 23.3. The number of fused-ring (bicyclic) bond motifs is 3. The number of aromatic nitrogens is 1. The first-order valence-corrected chi connectivity index (χ1v) is 23.3. The van der Waals surface area contributed by atoms with E-state index in [9.17, 15) is 0 Å². The molecule has 312 valence electrons. The Hall–Kier alpha value is -8.13. The van der Waals surface area contributed by atoms with E-state index in [-0.39, 0.29) is 0 Å². The zero-order valence-corrected chi connectivity index (χ0v) is 36.8. The number of pyridine rings is 1. The van der Waals surface area contributed by atoms with Crippen molar-refractivity contribution in [1.29, 1.82) is 0 Å². The van der Waals surface area contributed by atoms with E-state index in [0.29, 0.717) is 0 Å². The Morgan fingerprint density at radius 3 is 1.30 bits per heavy atom. The lowest BCUT2D eigenvalue weighted by atomic mass is 9.77. The van der Waals surface area contributed by atoms with Gasteiger partial charge in [0.05, 0.1) is 5.52 Å². The third kappa shape index (κ3) is 7.01. The van der Waals surface area contributed by atoms with Crippen molar-refractivity contribution in [1.82, 2.24) is 4.98 Å². The van der Waals surface area contributed by atoms with Crippen LogP contribution in [-0.4, -0.2) is 4.98 Å². The highest BCUT2D eigenvalue weighted by molar-refractivity contribution is 6.22. The van der Waals surface area contributed by atoms with Gasteiger partial charge in [-0.2, -0.15) is 0 Å². The third-order valence-electron chi connectivity index (χ3n) is 13.5. The zero-order valence-electron chi connectivity index (χ0n) is 36.8. The first kappa shape index (κ1) is 39.5. The van der Waals surface area contributed by atoms with Crippen LogP contribution < -0.4 is 0 Å². The average Bonchev–Trinajstić information content (AvgIpc) is 3.40. The predicted molar refractivity (Wildman–Crippen MR) is 282 cm³/mol. The number of allylic oxidation sites excluding steroid dienone is 8. The summed E-state index contributed by atoms with van der Waals surface area (Å²) in [5, 5.41) is 6.11. The van der Waals surface area contributed by atoms with Gasteiger partial charge in [0, 0.05) is 11.6 Å². The van der Waals surface area contributed by atoms with E-state index in [1.54, 1.807) is 0 Å². The molecule has 0 spiro atoms. The van der Waals surface area contributed by atoms with E-state index in [1.165, 1.54) is 111 Å². The second-order valence-electron chi connectivity index (χ2n) is 17.5. The minimum absolute atomic E-state index is 1.00. The zero-order chi connectivity index (χ0) is 43.8. The number of rotatable bonds is 8. The first-order chi connectivity index (χ1) is 32.8. The molecule has 1 aromatic heterocycles. The van der Waals surface area contributed by atoms with Crippen LogP contribution in [0.3, 0.4) is 0 Å². The highest BCUT2D eigenvalue weighted by atomic mass is 14.6. The second kappa shape index (κ2) is 17.1. The maximum Gasteiger partial charge on any atom is 0.0708 e. The number of benzene rings is 9. The number of hydrogen-bond acceptors (Lipinski definition) is 1. The van der Waals surface area contributed by atoms with Crippen LogP contribution in [0.2, 0.25) is 0 Å². The molecule has 2 aliphatic carbocycles. The molecule has 12 rings (SSSR count). The third-order valence-corrected chi connectivity index (χ3v) is 13.5. The van der Waals surface area contributed by atoms with Gasteiger partial charge in [-0.05, 0) is 167 Å². The van der Waals surface area contributed by atoms with Gasteiger partial charge in [-0.3, -0.25) is 4.98 Å². The molecular formula is C65H47N. The molecule has 1 heteroatoms. The van der Waals surface area contributed by atoms with Crippen LogP contribution in [0.25, 0.3) is 110 Å². The van der Waals surface area contributed by atoms with Crippen LogP contribution in [0, 0.1) is 0 Å². The van der Waals surface area contributed by atoms with Gasteiger partial charge in [0.2, 0.25) is 0 Å². The van der Waals surface area contributed by atoms with Gasteiger partial charge in [0.15, 0.2) is 0 Å². The molecule has 0 radical (unpaired) electrons. The van der Waals surface area contributed by atoms with Gasteiger partial charge < -0.3 is 0 Å². The highest BCUT2D eigenvalue weighted by Crippen LogP contribution is 2.50. The minimum atomic E-state index is 1.00. The molecule has 0 aliphatic heterocycles. The van der Waals surface area contributed by atoms with Crippen LogP contribution in [0.15, 0.2) is 237 Å². The van der Waals surface area contributed by atoms with Crippen molar-refractivity contribution in [3.05, 3.63) is 248 Å². The van der Waals surface area contributed by atoms with Gasteiger partial charge in [-0.1, -0.05) is 200 Å². The number of hydrogen-bond donors (Lipinski definition) is 0. The fourth-order valence-corrected chi connectivity index (χ4v) is 10.6. The monoisotopic (exact) mass is 841 g/mol. The molecule has 9 aromatic carbocycles. The van der Waals surface area contributed by atoms with Gasteiger partial charge in [0.25, 0.3) is 0 Å². The molecule has 0 fully saturated rings. The van der Waals surface area contributed by atoms with Crippen LogP contribution in [-0.2, 0) is 0 Å². The van der Waals surface area contributed by atoms with E-state index in [2.05, 4.69) is 236 Å². The smallest absolute Gasteiger partial charge is 0.0708 e. The summed E-state index contributed by atoms with van der Waals surface area (Å²) < 4.78 is 0. The molecule has 0 saturated carbocycles. The van der Waals surface area contributed by atoms with Crippen LogP contribution in [0.1, 0.15) is 36.8 Å². The molecule has 66 heavy (non-hydrogen) atoms. The van der Waals surface area contributed by atoms with Gasteiger partial charge in [-0.15, -0.1) is 0 Å². The van der Waals surface area contributed by atoms with E-state index < -0.39 is 0 Å². The van der Waals surface area contributed by atoms with Crippen LogP contribution >= 0.6 is 0 Å². The molecule has 1 nitrogen and oxygen atoms in total. The average molecular weight is 842 g/mol. The Labute approximate surface area is 387 Å². The van der Waals surface area contributed by atoms with Gasteiger partial charge in [-0.25, -0.2) is 0 Å². The highest BCUT2D eigenvalue weighted by Gasteiger charge is 2.26. The van der Waals surface area contributed by atoms with Crippen molar-refractivity contribution in [2.45, 2.75) is 25.7 Å². The van der Waals surface area contributed by atoms with Crippen molar-refractivity contribution in [3.63, 3.8) is 0 Å². The molecule has 0 amide bonds. The molecule has 2 aliphatic rings. The quantitative estimate of drug-likeness (QED) is 0.139. The summed E-state index contributed by atoms with van der Waals surface area (Å²) in [6, 6.07) is 71.6. The van der Waals surface area contributed by atoms with Crippen molar-refractivity contribution in [2.24, 2.45) is 0 Å². The summed E-state index contributed by atoms with van der Waals surface area (Å²) in [7, 11) is 0. The van der Waals surface area contributed by atoms with Crippen molar-refractivity contribution >= 4 is 43.6 Å². The summed E-state index contributed by atoms with van der Waals surface area (Å²) in [5.41, 5.74) is 20.9. The Morgan fingerprint density at radius 1 is 0.288 bits per heavy atom. The van der Waals surface area contributed by atoms with Gasteiger partial charge >= 0.3 is 0 Å². The van der Waals surface area contributed by atoms with Crippen molar-refractivity contribution < 1.29 is 0 Å². The fraction of sp³-hybridized carbons (Fsp3) is 0.0615. The Morgan fingerprint density at radius 2 is 0.742 bits per heavy atom. The van der Waals surface area contributed by atoms with E-state index >= 15 is 0 Å². The summed E-state index contributed by atoms with van der Waals surface area (Å²) >= 11 is 0. The molecule has 0 atom stereocenters.